The van der Waals surface area contributed by atoms with Gasteiger partial charge < -0.3 is 10.1 Å². The minimum Gasteiger partial charge on any atom is -0.350 e. The first-order chi connectivity index (χ1) is 14.1. The van der Waals surface area contributed by atoms with Crippen LogP contribution in [0.3, 0.4) is 0 Å². The maximum atomic E-state index is 12.3. The molecule has 148 valence electrons. The molecule has 1 unspecified atom stereocenters. The molecule has 29 heavy (non-hydrogen) atoms. The van der Waals surface area contributed by atoms with Gasteiger partial charge in [-0.25, -0.2) is 9.67 Å². The lowest BCUT2D eigenvalue weighted by Crippen LogP contribution is -2.43. The number of benzene rings is 1. The molecule has 4 heterocycles. The Balaban J connectivity index is 1.75. The van der Waals surface area contributed by atoms with Crippen LogP contribution in [0.5, 0.6) is 0 Å². The zero-order valence-corrected chi connectivity index (χ0v) is 16.6. The van der Waals surface area contributed by atoms with Crippen LogP contribution in [0.4, 0.5) is 0 Å². The molecule has 1 fully saturated rings. The van der Waals surface area contributed by atoms with Crippen molar-refractivity contribution in [2.75, 3.05) is 19.7 Å². The minimum atomic E-state index is -0.893. The lowest BCUT2D eigenvalue weighted by molar-refractivity contribution is -0.0585. The standard InChI is InChI=1S/C20H19ClN6O2/c1-2-22-19(28)18-24-17-12-26-9-10-29-20(26,16-5-3-4-8-23-16)14-11-13(21)6-7-15(14)27(17)25-18/h3-8,11H,2,9-10,12H2,1H3,(H,22,28). The third-order valence-corrected chi connectivity index (χ3v) is 5.46. The molecule has 0 spiro atoms. The summed E-state index contributed by atoms with van der Waals surface area (Å²) in [6.45, 7) is 4.05. The highest BCUT2D eigenvalue weighted by atomic mass is 35.5. The highest BCUT2D eigenvalue weighted by molar-refractivity contribution is 6.30. The summed E-state index contributed by atoms with van der Waals surface area (Å²) in [7, 11) is 0. The smallest absolute Gasteiger partial charge is 0.290 e. The Labute approximate surface area is 172 Å². The predicted molar refractivity (Wildman–Crippen MR) is 106 cm³/mol. The van der Waals surface area contributed by atoms with Crippen molar-refractivity contribution >= 4 is 17.5 Å². The van der Waals surface area contributed by atoms with Crippen LogP contribution in [0.15, 0.2) is 42.6 Å². The fraction of sp³-hybridized carbons (Fsp3) is 0.300. The fourth-order valence-electron chi connectivity index (χ4n) is 4.04. The Morgan fingerprint density at radius 1 is 1.34 bits per heavy atom. The molecule has 1 N–H and O–H groups in total. The first-order valence-electron chi connectivity index (χ1n) is 9.48. The first kappa shape index (κ1) is 18.2. The number of carbonyl (C=O) groups excluding carboxylic acids is 1. The Hall–Kier alpha value is -2.81. The molecule has 0 aliphatic carbocycles. The summed E-state index contributed by atoms with van der Waals surface area (Å²) in [6.07, 6.45) is 1.75. The number of rotatable bonds is 3. The third kappa shape index (κ3) is 2.75. The van der Waals surface area contributed by atoms with Crippen molar-refractivity contribution in [1.29, 1.82) is 0 Å². The number of halogens is 1. The SMILES string of the molecule is CCNC(=O)c1nc2n(n1)-c1ccc(Cl)cc1C1(c3ccccn3)OCCN1C2. The molecule has 5 rings (SSSR count). The minimum absolute atomic E-state index is 0.146. The number of pyridine rings is 1. The van der Waals surface area contributed by atoms with Gasteiger partial charge >= 0.3 is 0 Å². The van der Waals surface area contributed by atoms with E-state index in [1.165, 1.54) is 0 Å². The third-order valence-electron chi connectivity index (χ3n) is 5.23. The first-order valence-corrected chi connectivity index (χ1v) is 9.86. The van der Waals surface area contributed by atoms with E-state index in [2.05, 4.69) is 25.3 Å². The monoisotopic (exact) mass is 410 g/mol. The van der Waals surface area contributed by atoms with E-state index >= 15 is 0 Å². The summed E-state index contributed by atoms with van der Waals surface area (Å²) < 4.78 is 8.08. The molecule has 0 bridgehead atoms. The molecule has 2 aliphatic heterocycles. The zero-order chi connectivity index (χ0) is 20.0. The van der Waals surface area contributed by atoms with Crippen LogP contribution in [-0.2, 0) is 17.0 Å². The normalized spacial score (nSPS) is 20.5. The van der Waals surface area contributed by atoms with Crippen molar-refractivity contribution in [2.45, 2.75) is 19.2 Å². The molecule has 1 saturated heterocycles. The van der Waals surface area contributed by atoms with Crippen molar-refractivity contribution < 1.29 is 9.53 Å². The van der Waals surface area contributed by atoms with Gasteiger partial charge in [-0.05, 0) is 37.3 Å². The fourth-order valence-corrected chi connectivity index (χ4v) is 4.21. The van der Waals surface area contributed by atoms with E-state index < -0.39 is 5.72 Å². The Bertz CT molecular complexity index is 1090. The molecule has 3 aromatic rings. The van der Waals surface area contributed by atoms with Crippen LogP contribution < -0.4 is 5.32 Å². The number of fused-ring (bicyclic) bond motifs is 5. The number of hydrogen-bond donors (Lipinski definition) is 1. The summed E-state index contributed by atoms with van der Waals surface area (Å²) >= 11 is 6.39. The van der Waals surface area contributed by atoms with Crippen LogP contribution >= 0.6 is 11.6 Å². The molecule has 8 nitrogen and oxygen atoms in total. The van der Waals surface area contributed by atoms with E-state index in [1.54, 1.807) is 16.9 Å². The number of nitrogens with zero attached hydrogens (tertiary/aromatic N) is 5. The van der Waals surface area contributed by atoms with Gasteiger partial charge in [0.25, 0.3) is 5.91 Å². The van der Waals surface area contributed by atoms with E-state index in [0.717, 1.165) is 16.9 Å². The van der Waals surface area contributed by atoms with Gasteiger partial charge in [0.2, 0.25) is 5.82 Å². The summed E-state index contributed by atoms with van der Waals surface area (Å²) in [5.74, 6) is 0.517. The van der Waals surface area contributed by atoms with Crippen LogP contribution in [0.2, 0.25) is 5.02 Å². The summed E-state index contributed by atoms with van der Waals surface area (Å²) in [6, 6.07) is 11.3. The largest absolute Gasteiger partial charge is 0.350 e. The van der Waals surface area contributed by atoms with E-state index in [-0.39, 0.29) is 11.7 Å². The van der Waals surface area contributed by atoms with E-state index in [4.69, 9.17) is 16.3 Å². The van der Waals surface area contributed by atoms with Gasteiger partial charge in [-0.3, -0.25) is 14.7 Å². The second-order valence-corrected chi connectivity index (χ2v) is 7.35. The van der Waals surface area contributed by atoms with Crippen molar-refractivity contribution in [3.05, 3.63) is 70.5 Å². The molecule has 0 saturated carbocycles. The van der Waals surface area contributed by atoms with Crippen LogP contribution in [0, 0.1) is 0 Å². The van der Waals surface area contributed by atoms with E-state index in [0.29, 0.717) is 37.1 Å². The Morgan fingerprint density at radius 2 is 2.24 bits per heavy atom. The molecule has 1 atom stereocenters. The van der Waals surface area contributed by atoms with E-state index in [1.807, 2.05) is 37.3 Å². The van der Waals surface area contributed by atoms with Crippen LogP contribution in [-0.4, -0.2) is 50.3 Å². The van der Waals surface area contributed by atoms with Gasteiger partial charge in [0, 0.05) is 29.9 Å². The topological polar surface area (TPSA) is 85.2 Å². The number of hydrogen-bond acceptors (Lipinski definition) is 6. The average molecular weight is 411 g/mol. The predicted octanol–water partition coefficient (Wildman–Crippen LogP) is 2.11. The number of aromatic nitrogens is 4. The second kappa shape index (κ2) is 6.91. The number of amides is 1. The number of carbonyl (C=O) groups is 1. The summed E-state index contributed by atoms with van der Waals surface area (Å²) in [5, 5.41) is 7.84. The molecule has 0 radical (unpaired) electrons. The molecular weight excluding hydrogens is 392 g/mol. The average Bonchev–Trinajstić information content (AvgIpc) is 3.32. The van der Waals surface area contributed by atoms with Crippen molar-refractivity contribution in [1.82, 2.24) is 30.0 Å². The maximum absolute atomic E-state index is 12.3. The Kier molecular flexibility index (Phi) is 4.34. The summed E-state index contributed by atoms with van der Waals surface area (Å²) in [4.78, 5) is 23.6. The number of nitrogens with one attached hydrogen (secondary N) is 1. The molecular formula is C20H19ClN6O2. The van der Waals surface area contributed by atoms with Crippen LogP contribution in [0.25, 0.3) is 5.69 Å². The zero-order valence-electron chi connectivity index (χ0n) is 15.8. The van der Waals surface area contributed by atoms with Crippen LogP contribution in [0.1, 0.15) is 34.6 Å². The second-order valence-electron chi connectivity index (χ2n) is 6.91. The van der Waals surface area contributed by atoms with Gasteiger partial charge in [-0.15, -0.1) is 5.10 Å². The molecule has 1 amide bonds. The molecule has 2 aliphatic rings. The van der Waals surface area contributed by atoms with Crippen molar-refractivity contribution in [3.8, 4) is 5.69 Å². The Morgan fingerprint density at radius 3 is 3.03 bits per heavy atom. The van der Waals surface area contributed by atoms with Gasteiger partial charge in [-0.1, -0.05) is 17.7 Å². The lowest BCUT2D eigenvalue weighted by atomic mass is 9.95. The quantitative estimate of drug-likeness (QED) is 0.711. The van der Waals surface area contributed by atoms with Gasteiger partial charge in [0.1, 0.15) is 5.82 Å². The molecule has 1 aromatic carbocycles. The van der Waals surface area contributed by atoms with Gasteiger partial charge in [0.05, 0.1) is 24.5 Å². The van der Waals surface area contributed by atoms with Gasteiger partial charge in [-0.2, -0.15) is 0 Å². The highest BCUT2D eigenvalue weighted by Gasteiger charge is 2.50. The van der Waals surface area contributed by atoms with Crippen molar-refractivity contribution in [3.63, 3.8) is 0 Å². The maximum Gasteiger partial charge on any atom is 0.290 e. The van der Waals surface area contributed by atoms with E-state index in [9.17, 15) is 4.79 Å². The molecule has 9 heteroatoms. The summed E-state index contributed by atoms with van der Waals surface area (Å²) in [5.41, 5.74) is 1.47. The molecule has 2 aromatic heterocycles. The lowest BCUT2D eigenvalue weighted by Gasteiger charge is -2.35. The number of ether oxygens (including phenoxy) is 1. The van der Waals surface area contributed by atoms with Gasteiger partial charge in [0.15, 0.2) is 5.72 Å². The van der Waals surface area contributed by atoms with Crippen molar-refractivity contribution in [2.24, 2.45) is 0 Å². The highest BCUT2D eigenvalue weighted by Crippen LogP contribution is 2.45.